The van der Waals surface area contributed by atoms with Crippen LogP contribution in [-0.4, -0.2) is 4.98 Å². The molecule has 3 heteroatoms. The maximum absolute atomic E-state index is 13.0. The third kappa shape index (κ3) is 3.33. The maximum atomic E-state index is 13.0. The van der Waals surface area contributed by atoms with Crippen molar-refractivity contribution in [2.75, 3.05) is 0 Å². The first-order valence-electron chi connectivity index (χ1n) is 3.05. The summed E-state index contributed by atoms with van der Waals surface area (Å²) in [6.45, 7) is 4.77. The van der Waals surface area contributed by atoms with Gasteiger partial charge in [-0.25, -0.2) is 0 Å². The quantitative estimate of drug-likeness (QED) is 0.686. The van der Waals surface area contributed by atoms with Crippen molar-refractivity contribution in [1.82, 2.24) is 4.98 Å². The van der Waals surface area contributed by atoms with Gasteiger partial charge >= 0.3 is 0 Å². The molecule has 0 spiro atoms. The third-order valence-corrected chi connectivity index (χ3v) is 1.28. The van der Waals surface area contributed by atoms with Crippen molar-refractivity contribution in [3.8, 4) is 0 Å². The molecular formula is C8H9FNNp-. The fourth-order valence-electron chi connectivity index (χ4n) is 0.699. The molecule has 0 amide bonds. The summed E-state index contributed by atoms with van der Waals surface area (Å²) in [5, 5.41) is 0. The van der Waals surface area contributed by atoms with Crippen LogP contribution in [0.3, 0.4) is 0 Å². The molecule has 1 radical (unpaired) electrons. The second-order valence-electron chi connectivity index (χ2n) is 2.43. The molecule has 0 aliphatic carbocycles. The molecule has 1 atom stereocenters. The van der Waals surface area contributed by atoms with Crippen LogP contribution in [0, 0.1) is 36.9 Å². The monoisotopic (exact) mass is 374 g/mol. The Balaban J connectivity index is 0.000001000. The Kier molecular flexibility index (Phi) is 4.24. The molecule has 59 valence electrons. The first-order valence-corrected chi connectivity index (χ1v) is 3.05. The van der Waals surface area contributed by atoms with Gasteiger partial charge in [0.15, 0.2) is 0 Å². The summed E-state index contributed by atoms with van der Waals surface area (Å²) in [6, 6.07) is 3.24. The van der Waals surface area contributed by atoms with Crippen LogP contribution in [0.5, 0.6) is 0 Å². The summed E-state index contributed by atoms with van der Waals surface area (Å²) < 4.78 is 13.0. The van der Waals surface area contributed by atoms with Gasteiger partial charge in [-0.2, -0.15) is 0 Å². The van der Waals surface area contributed by atoms with Gasteiger partial charge in [0.1, 0.15) is 0 Å². The van der Waals surface area contributed by atoms with E-state index in [1.165, 1.54) is 6.92 Å². The van der Waals surface area contributed by atoms with Crippen molar-refractivity contribution < 1.29 is 34.3 Å². The van der Waals surface area contributed by atoms with Crippen LogP contribution in [0.2, 0.25) is 0 Å². The molecule has 1 heterocycles. The fraction of sp³-hybridized carbons (Fsp3) is 0.250. The van der Waals surface area contributed by atoms with Gasteiger partial charge in [-0.15, -0.1) is 0 Å². The van der Waals surface area contributed by atoms with Crippen LogP contribution in [0.25, 0.3) is 0 Å². The molecule has 0 saturated carbocycles. The predicted molar refractivity (Wildman–Crippen MR) is 38.1 cm³/mol. The minimum absolute atomic E-state index is 0. The smallest absolute Gasteiger partial charge is 0.0270 e. The Morgan fingerprint density at radius 2 is 1.91 bits per heavy atom. The van der Waals surface area contributed by atoms with E-state index < -0.39 is 5.67 Å². The summed E-state index contributed by atoms with van der Waals surface area (Å²) in [5.41, 5.74) is -0.939. The summed E-state index contributed by atoms with van der Waals surface area (Å²) >= 11 is 0. The van der Waals surface area contributed by atoms with Crippen molar-refractivity contribution in [1.29, 1.82) is 0 Å². The third-order valence-electron chi connectivity index (χ3n) is 1.28. The number of aromatic nitrogens is 1. The average Bonchev–Trinajstić information content (AvgIpc) is 1.88. The van der Waals surface area contributed by atoms with E-state index in [2.05, 4.69) is 11.9 Å². The Labute approximate surface area is 88.7 Å². The number of hydrogen-bond acceptors (Lipinski definition) is 1. The summed E-state index contributed by atoms with van der Waals surface area (Å²) in [5.74, 6) is 0. The molecule has 1 rings (SSSR count). The zero-order valence-corrected chi connectivity index (χ0v) is 10.0. The SMILES string of the molecule is [CH2-][C@@](C)(F)c1ccncc1.[Np]. The van der Waals surface area contributed by atoms with E-state index in [0.29, 0.717) is 5.56 Å². The van der Waals surface area contributed by atoms with E-state index in [0.717, 1.165) is 0 Å². The molecule has 1 aromatic rings. The van der Waals surface area contributed by atoms with E-state index in [-0.39, 0.29) is 29.9 Å². The molecule has 0 aromatic carbocycles. The van der Waals surface area contributed by atoms with Crippen LogP contribution >= 0.6 is 0 Å². The molecule has 1 nitrogen and oxygen atoms in total. The molecule has 0 N–H and O–H groups in total. The Morgan fingerprint density at radius 3 is 2.18 bits per heavy atom. The molecule has 1 aromatic heterocycles. The van der Waals surface area contributed by atoms with Gasteiger partial charge in [-0.1, -0.05) is 6.92 Å². The predicted octanol–water partition coefficient (Wildman–Crippen LogP) is 2.10. The minimum atomic E-state index is -1.50. The Hall–Kier alpha value is 0.0930. The Bertz CT molecular complexity index is 205. The molecule has 0 aliphatic heterocycles. The number of hydrogen-bond donors (Lipinski definition) is 0. The Morgan fingerprint density at radius 1 is 1.45 bits per heavy atom. The van der Waals surface area contributed by atoms with Crippen molar-refractivity contribution in [3.63, 3.8) is 0 Å². The van der Waals surface area contributed by atoms with Gasteiger partial charge in [0.05, 0.1) is 0 Å². The van der Waals surface area contributed by atoms with Gasteiger partial charge in [-0.05, 0) is 17.7 Å². The fourth-order valence-corrected chi connectivity index (χ4v) is 0.699. The zero-order chi connectivity index (χ0) is 7.61. The number of pyridine rings is 1. The maximum Gasteiger partial charge on any atom is 0.0270 e. The zero-order valence-electron chi connectivity index (χ0n) is 6.29. The topological polar surface area (TPSA) is 12.9 Å². The van der Waals surface area contributed by atoms with Crippen molar-refractivity contribution >= 4 is 0 Å². The van der Waals surface area contributed by atoms with Crippen molar-refractivity contribution in [2.24, 2.45) is 0 Å². The molecule has 0 unspecified atom stereocenters. The second kappa shape index (κ2) is 4.20. The van der Waals surface area contributed by atoms with E-state index >= 15 is 0 Å². The van der Waals surface area contributed by atoms with Gasteiger partial charge in [0.25, 0.3) is 0 Å². The normalized spacial score (nSPS) is 14.8. The number of nitrogens with zero attached hydrogens (tertiary/aromatic N) is 1. The average molecular weight is 375 g/mol. The van der Waals surface area contributed by atoms with Gasteiger partial charge in [-0.3, -0.25) is 9.37 Å². The van der Waals surface area contributed by atoms with E-state index in [1.807, 2.05) is 0 Å². The molecule has 0 fully saturated rings. The molecule has 0 bridgehead atoms. The van der Waals surface area contributed by atoms with Gasteiger partial charge in [0.2, 0.25) is 0 Å². The first-order chi connectivity index (χ1) is 4.61. The van der Waals surface area contributed by atoms with Crippen molar-refractivity contribution in [3.05, 3.63) is 37.0 Å². The van der Waals surface area contributed by atoms with E-state index in [9.17, 15) is 4.39 Å². The van der Waals surface area contributed by atoms with Gasteiger partial charge < -0.3 is 6.92 Å². The summed E-state index contributed by atoms with van der Waals surface area (Å²) in [7, 11) is 0. The standard InChI is InChI=1S/C8H9FN.Np/c1-8(2,9)7-3-5-10-6-4-7;/h3-6H,1H2,2H3;/q-1;/t8-;/m0./s1. The van der Waals surface area contributed by atoms with Crippen LogP contribution in [0.4, 0.5) is 4.39 Å². The first kappa shape index (κ1) is 11.1. The number of halogens is 1. The second-order valence-corrected chi connectivity index (χ2v) is 2.43. The van der Waals surface area contributed by atoms with Crippen molar-refractivity contribution in [2.45, 2.75) is 12.6 Å². The van der Waals surface area contributed by atoms with Gasteiger partial charge in [0, 0.05) is 48.0 Å². The number of alkyl halides is 1. The van der Waals surface area contributed by atoms with E-state index in [1.54, 1.807) is 24.5 Å². The minimum Gasteiger partial charge on any atom is -0.302 e. The largest absolute Gasteiger partial charge is 0.302 e. The molecule has 11 heavy (non-hydrogen) atoms. The molecular weight excluding hydrogens is 366 g/mol. The molecule has 0 aliphatic rings. The van der Waals surface area contributed by atoms with Crippen LogP contribution in [-0.2, 0) is 5.67 Å². The van der Waals surface area contributed by atoms with Crippen LogP contribution in [0.15, 0.2) is 24.5 Å². The van der Waals surface area contributed by atoms with Crippen LogP contribution < -0.4 is 0 Å². The summed E-state index contributed by atoms with van der Waals surface area (Å²) in [6.07, 6.45) is 3.11. The summed E-state index contributed by atoms with van der Waals surface area (Å²) in [4.78, 5) is 3.76. The number of rotatable bonds is 1. The van der Waals surface area contributed by atoms with Crippen LogP contribution in [0.1, 0.15) is 12.5 Å². The molecule has 0 saturated heterocycles. The van der Waals surface area contributed by atoms with E-state index in [4.69, 9.17) is 0 Å².